The van der Waals surface area contributed by atoms with E-state index in [0.717, 1.165) is 6.54 Å². The lowest BCUT2D eigenvalue weighted by Crippen LogP contribution is -2.35. The number of nitrogens with zero attached hydrogens (tertiary/aromatic N) is 3. The van der Waals surface area contributed by atoms with Gasteiger partial charge in [0.2, 0.25) is 0 Å². The zero-order valence-electron chi connectivity index (χ0n) is 23.9. The fraction of sp³-hybridized carbons (Fsp3) is 0.294. The largest absolute Gasteiger partial charge is 0.249 e. The summed E-state index contributed by atoms with van der Waals surface area (Å²) in [5, 5.41) is 7.79. The molecule has 4 aromatic rings. The van der Waals surface area contributed by atoms with Crippen LogP contribution in [0.15, 0.2) is 109 Å². The van der Waals surface area contributed by atoms with Crippen molar-refractivity contribution in [2.24, 2.45) is 0 Å². The van der Waals surface area contributed by atoms with Gasteiger partial charge in [0.25, 0.3) is 0 Å². The second-order valence-electron chi connectivity index (χ2n) is 10.4. The van der Waals surface area contributed by atoms with Gasteiger partial charge in [0, 0.05) is 36.8 Å². The first kappa shape index (κ1) is 28.2. The van der Waals surface area contributed by atoms with Crippen LogP contribution in [0.2, 0.25) is 0 Å². The standard InChI is InChI=1S/C34H41N3P2/c1-6-7-26-37(38-27(2)35(4)36(5)28(38)3)39(33-22-18-31(19-23-33)29-14-10-8-11-15-29)34-24-20-32(21-25-34)30-16-12-9-13-17-30/h8-25,27-28H,6-7,26H2,1-5H3/t27-,28-/m1/s1. The van der Waals surface area contributed by atoms with E-state index in [4.69, 9.17) is 0 Å². The number of rotatable bonds is 9. The van der Waals surface area contributed by atoms with Crippen LogP contribution in [0, 0.1) is 0 Å². The van der Waals surface area contributed by atoms with Crippen LogP contribution in [-0.2, 0) is 0 Å². The lowest BCUT2D eigenvalue weighted by molar-refractivity contribution is 0.0357. The zero-order valence-corrected chi connectivity index (χ0v) is 25.7. The highest BCUT2D eigenvalue weighted by atomic mass is 31.2. The molecule has 0 spiro atoms. The van der Waals surface area contributed by atoms with Gasteiger partial charge in [-0.15, -0.1) is 0 Å². The second-order valence-corrected chi connectivity index (χ2v) is 15.6. The Bertz CT molecular complexity index is 1220. The Morgan fingerprint density at radius 1 is 0.615 bits per heavy atom. The molecule has 0 aliphatic carbocycles. The monoisotopic (exact) mass is 553 g/mol. The smallest absolute Gasteiger partial charge is 0.0564 e. The third-order valence-corrected chi connectivity index (χ3v) is 14.3. The molecule has 3 nitrogen and oxygen atoms in total. The summed E-state index contributed by atoms with van der Waals surface area (Å²) in [4.78, 5) is 0. The quantitative estimate of drug-likeness (QED) is 0.193. The van der Waals surface area contributed by atoms with E-state index < -0.39 is 16.1 Å². The first-order chi connectivity index (χ1) is 19.0. The van der Waals surface area contributed by atoms with E-state index in [1.54, 1.807) is 0 Å². The Kier molecular flexibility index (Phi) is 9.28. The van der Waals surface area contributed by atoms with Crippen molar-refractivity contribution in [1.29, 1.82) is 0 Å². The maximum atomic E-state index is 2.93. The SMILES string of the molecule is CCCCN(P(c1ccc(-c2ccccc2)cc1)c1ccc(-c2ccccc2)cc1)P1[C@H](C)N(C)N(C)[C@H]1C. The van der Waals surface area contributed by atoms with E-state index in [-0.39, 0.29) is 0 Å². The van der Waals surface area contributed by atoms with Crippen molar-refractivity contribution >= 4 is 26.8 Å². The van der Waals surface area contributed by atoms with Gasteiger partial charge < -0.3 is 0 Å². The third-order valence-electron chi connectivity index (χ3n) is 7.99. The van der Waals surface area contributed by atoms with Gasteiger partial charge >= 0.3 is 0 Å². The van der Waals surface area contributed by atoms with Crippen LogP contribution < -0.4 is 10.6 Å². The number of benzene rings is 4. The molecule has 1 aliphatic heterocycles. The molecule has 5 rings (SSSR count). The molecule has 1 heterocycles. The molecular formula is C34H41N3P2. The molecule has 202 valence electrons. The lowest BCUT2D eigenvalue weighted by atomic mass is 10.1. The summed E-state index contributed by atoms with van der Waals surface area (Å²) < 4.78 is 2.93. The van der Waals surface area contributed by atoms with E-state index >= 15 is 0 Å². The van der Waals surface area contributed by atoms with Gasteiger partial charge in [0.15, 0.2) is 0 Å². The first-order valence-electron chi connectivity index (χ1n) is 14.1. The third kappa shape index (κ3) is 6.04. The van der Waals surface area contributed by atoms with Gasteiger partial charge in [-0.3, -0.25) is 0 Å². The lowest BCUT2D eigenvalue weighted by Gasteiger charge is -2.40. The highest BCUT2D eigenvalue weighted by Crippen LogP contribution is 2.64. The maximum Gasteiger partial charge on any atom is 0.0564 e. The first-order valence-corrected chi connectivity index (χ1v) is 16.8. The highest BCUT2D eigenvalue weighted by Gasteiger charge is 2.44. The molecule has 4 aromatic carbocycles. The summed E-state index contributed by atoms with van der Waals surface area (Å²) in [5.41, 5.74) is 5.10. The summed E-state index contributed by atoms with van der Waals surface area (Å²) in [6.45, 7) is 8.30. The van der Waals surface area contributed by atoms with Crippen molar-refractivity contribution in [2.45, 2.75) is 45.2 Å². The Morgan fingerprint density at radius 3 is 1.38 bits per heavy atom. The predicted molar refractivity (Wildman–Crippen MR) is 173 cm³/mol. The second kappa shape index (κ2) is 12.9. The summed E-state index contributed by atoms with van der Waals surface area (Å²) in [6, 6.07) is 40.3. The Morgan fingerprint density at radius 2 is 1.00 bits per heavy atom. The Balaban J connectivity index is 1.58. The van der Waals surface area contributed by atoms with E-state index in [1.165, 1.54) is 45.7 Å². The molecule has 5 heteroatoms. The molecule has 0 radical (unpaired) electrons. The summed E-state index contributed by atoms with van der Waals surface area (Å²) >= 11 is 0. The number of hydrogen-bond donors (Lipinski definition) is 0. The summed E-state index contributed by atoms with van der Waals surface area (Å²) in [5.74, 6) is 1.02. The minimum absolute atomic E-state index is 0.397. The van der Waals surface area contributed by atoms with Crippen molar-refractivity contribution in [3.8, 4) is 22.3 Å². The zero-order chi connectivity index (χ0) is 27.4. The van der Waals surface area contributed by atoms with Gasteiger partial charge in [-0.1, -0.05) is 123 Å². The highest BCUT2D eigenvalue weighted by molar-refractivity contribution is 7.79. The molecule has 0 aromatic heterocycles. The fourth-order valence-corrected chi connectivity index (χ4v) is 12.6. The van der Waals surface area contributed by atoms with Gasteiger partial charge in [-0.25, -0.2) is 14.5 Å². The molecule has 2 atom stereocenters. The van der Waals surface area contributed by atoms with Crippen molar-refractivity contribution in [2.75, 3.05) is 20.6 Å². The van der Waals surface area contributed by atoms with E-state index in [0.29, 0.717) is 11.6 Å². The Hall–Kier alpha value is -2.38. The molecule has 1 aliphatic rings. The average Bonchev–Trinajstić information content (AvgIpc) is 3.18. The number of unbranched alkanes of at least 4 members (excludes halogenated alkanes) is 1. The van der Waals surface area contributed by atoms with E-state index in [2.05, 4.69) is 159 Å². The minimum Gasteiger partial charge on any atom is -0.249 e. The molecule has 1 saturated heterocycles. The van der Waals surface area contributed by atoms with Crippen LogP contribution in [0.5, 0.6) is 0 Å². The van der Waals surface area contributed by atoms with Gasteiger partial charge in [-0.2, -0.15) is 0 Å². The summed E-state index contributed by atoms with van der Waals surface area (Å²) in [6.07, 6.45) is 2.42. The van der Waals surface area contributed by atoms with Gasteiger partial charge in [0.05, 0.1) is 11.6 Å². The van der Waals surface area contributed by atoms with Crippen LogP contribution in [0.3, 0.4) is 0 Å². The molecule has 1 fully saturated rings. The molecule has 39 heavy (non-hydrogen) atoms. The molecule has 0 saturated carbocycles. The van der Waals surface area contributed by atoms with Crippen molar-refractivity contribution in [3.05, 3.63) is 109 Å². The molecular weight excluding hydrogens is 512 g/mol. The van der Waals surface area contributed by atoms with Crippen LogP contribution in [0.4, 0.5) is 0 Å². The topological polar surface area (TPSA) is 9.72 Å². The predicted octanol–water partition coefficient (Wildman–Crippen LogP) is 8.35. The molecule has 0 bridgehead atoms. The number of hydrogen-bond acceptors (Lipinski definition) is 3. The normalized spacial score (nSPS) is 18.8. The molecule has 0 N–H and O–H groups in total. The average molecular weight is 554 g/mol. The number of hydrazine groups is 1. The van der Waals surface area contributed by atoms with Crippen LogP contribution >= 0.6 is 16.1 Å². The van der Waals surface area contributed by atoms with E-state index in [1.807, 2.05) is 0 Å². The van der Waals surface area contributed by atoms with Gasteiger partial charge in [-0.05, 0) is 53.1 Å². The van der Waals surface area contributed by atoms with Crippen LogP contribution in [0.25, 0.3) is 22.3 Å². The van der Waals surface area contributed by atoms with Gasteiger partial charge in [0.1, 0.15) is 0 Å². The van der Waals surface area contributed by atoms with Crippen molar-refractivity contribution in [3.63, 3.8) is 0 Å². The van der Waals surface area contributed by atoms with Crippen molar-refractivity contribution < 1.29 is 0 Å². The van der Waals surface area contributed by atoms with E-state index in [9.17, 15) is 0 Å². The fourth-order valence-electron chi connectivity index (χ4n) is 5.45. The molecule has 0 amide bonds. The summed E-state index contributed by atoms with van der Waals surface area (Å²) in [7, 11) is 3.44. The van der Waals surface area contributed by atoms with Crippen LogP contribution in [0.1, 0.15) is 33.6 Å². The Labute approximate surface area is 238 Å². The minimum atomic E-state index is -0.682. The maximum absolute atomic E-state index is 2.93. The van der Waals surface area contributed by atoms with Crippen molar-refractivity contribution in [1.82, 2.24) is 14.5 Å². The van der Waals surface area contributed by atoms with Crippen LogP contribution in [-0.4, -0.2) is 46.7 Å². The molecule has 0 unspecified atom stereocenters.